The van der Waals surface area contributed by atoms with Crippen LogP contribution in [0.4, 0.5) is 13.2 Å². The molecule has 108 valence electrons. The third-order valence-corrected chi connectivity index (χ3v) is 2.55. The zero-order valence-corrected chi connectivity index (χ0v) is 10.7. The van der Waals surface area contributed by atoms with Gasteiger partial charge in [-0.3, -0.25) is 0 Å². The van der Waals surface area contributed by atoms with Crippen molar-refractivity contribution >= 4 is 0 Å². The lowest BCUT2D eigenvalue weighted by Gasteiger charge is -2.17. The molecule has 6 heteroatoms. The van der Waals surface area contributed by atoms with Crippen LogP contribution in [-0.2, 0) is 4.74 Å². The molecular formula is C13H18F3NO2. The molecule has 0 saturated carbocycles. The Labute approximate surface area is 110 Å². The highest BCUT2D eigenvalue weighted by Gasteiger charge is 2.32. The van der Waals surface area contributed by atoms with Gasteiger partial charge in [0.05, 0.1) is 0 Å². The molecule has 1 aromatic carbocycles. The van der Waals surface area contributed by atoms with Crippen LogP contribution in [0.5, 0.6) is 5.75 Å². The molecule has 0 heterocycles. The van der Waals surface area contributed by atoms with Gasteiger partial charge in [-0.25, -0.2) is 0 Å². The highest BCUT2D eigenvalue weighted by molar-refractivity contribution is 5.35. The lowest BCUT2D eigenvalue weighted by atomic mass is 10.0. The van der Waals surface area contributed by atoms with Crippen LogP contribution in [0.15, 0.2) is 24.3 Å². The maximum atomic E-state index is 12.3. The minimum atomic E-state index is -4.71. The van der Waals surface area contributed by atoms with E-state index in [-0.39, 0.29) is 5.75 Å². The van der Waals surface area contributed by atoms with Crippen LogP contribution < -0.4 is 10.5 Å². The Hall–Kier alpha value is -1.27. The Morgan fingerprint density at radius 3 is 2.58 bits per heavy atom. The van der Waals surface area contributed by atoms with Gasteiger partial charge >= 0.3 is 6.36 Å². The Morgan fingerprint density at radius 2 is 1.95 bits per heavy atom. The fourth-order valence-corrected chi connectivity index (χ4v) is 1.71. The molecule has 0 aromatic heterocycles. The monoisotopic (exact) mass is 277 g/mol. The Kier molecular flexibility index (Phi) is 6.11. The standard InChI is InChI=1S/C13H18F3NO2/c1-2-18-9-5-7-11(17)10-6-3-4-8-12(10)19-13(14,15)16/h3-4,6,8,11H,2,5,7,9,17H2,1H3. The van der Waals surface area contributed by atoms with Gasteiger partial charge in [0, 0.05) is 24.8 Å². The van der Waals surface area contributed by atoms with Gasteiger partial charge in [0.1, 0.15) is 5.75 Å². The predicted octanol–water partition coefficient (Wildman–Crippen LogP) is 3.40. The van der Waals surface area contributed by atoms with E-state index in [9.17, 15) is 13.2 Å². The van der Waals surface area contributed by atoms with Gasteiger partial charge in [-0.05, 0) is 25.8 Å². The van der Waals surface area contributed by atoms with Gasteiger partial charge in [-0.1, -0.05) is 18.2 Å². The number of halogens is 3. The lowest BCUT2D eigenvalue weighted by molar-refractivity contribution is -0.275. The summed E-state index contributed by atoms with van der Waals surface area (Å²) in [5.41, 5.74) is 6.25. The summed E-state index contributed by atoms with van der Waals surface area (Å²) in [4.78, 5) is 0. The largest absolute Gasteiger partial charge is 0.573 e. The van der Waals surface area contributed by atoms with E-state index in [0.29, 0.717) is 31.6 Å². The maximum absolute atomic E-state index is 12.3. The molecule has 0 aliphatic carbocycles. The van der Waals surface area contributed by atoms with Gasteiger partial charge in [-0.15, -0.1) is 13.2 Å². The van der Waals surface area contributed by atoms with Crippen LogP contribution in [-0.4, -0.2) is 19.6 Å². The van der Waals surface area contributed by atoms with Crippen molar-refractivity contribution in [1.29, 1.82) is 0 Å². The minimum absolute atomic E-state index is 0.237. The van der Waals surface area contributed by atoms with E-state index in [1.165, 1.54) is 12.1 Å². The molecule has 0 bridgehead atoms. The fourth-order valence-electron chi connectivity index (χ4n) is 1.71. The topological polar surface area (TPSA) is 44.5 Å². The van der Waals surface area contributed by atoms with Gasteiger partial charge in [0.15, 0.2) is 0 Å². The van der Waals surface area contributed by atoms with E-state index < -0.39 is 12.4 Å². The molecule has 2 N–H and O–H groups in total. The van der Waals surface area contributed by atoms with E-state index in [4.69, 9.17) is 10.5 Å². The normalized spacial score (nSPS) is 13.3. The molecule has 1 rings (SSSR count). The van der Waals surface area contributed by atoms with E-state index in [0.717, 1.165) is 0 Å². The van der Waals surface area contributed by atoms with E-state index >= 15 is 0 Å². The number of hydrogen-bond donors (Lipinski definition) is 1. The Morgan fingerprint density at radius 1 is 1.26 bits per heavy atom. The minimum Gasteiger partial charge on any atom is -0.405 e. The van der Waals surface area contributed by atoms with Gasteiger partial charge < -0.3 is 15.2 Å². The zero-order valence-electron chi connectivity index (χ0n) is 10.7. The van der Waals surface area contributed by atoms with Crippen LogP contribution in [0.2, 0.25) is 0 Å². The molecule has 0 radical (unpaired) electrons. The van der Waals surface area contributed by atoms with Crippen LogP contribution >= 0.6 is 0 Å². The van der Waals surface area contributed by atoms with E-state index in [2.05, 4.69) is 4.74 Å². The first-order valence-corrected chi connectivity index (χ1v) is 6.12. The number of hydrogen-bond acceptors (Lipinski definition) is 3. The summed E-state index contributed by atoms with van der Waals surface area (Å²) < 4.78 is 45.9. The van der Waals surface area contributed by atoms with Crippen molar-refractivity contribution < 1.29 is 22.6 Å². The third kappa shape index (κ3) is 5.94. The number of rotatable bonds is 7. The van der Waals surface area contributed by atoms with E-state index in [1.807, 2.05) is 6.92 Å². The quantitative estimate of drug-likeness (QED) is 0.777. The van der Waals surface area contributed by atoms with Gasteiger partial charge in [0.25, 0.3) is 0 Å². The first kappa shape index (κ1) is 15.8. The number of para-hydroxylation sites is 1. The molecule has 0 aliphatic rings. The van der Waals surface area contributed by atoms with Gasteiger partial charge in [0.2, 0.25) is 0 Å². The van der Waals surface area contributed by atoms with E-state index in [1.54, 1.807) is 12.1 Å². The number of benzene rings is 1. The zero-order chi connectivity index (χ0) is 14.3. The summed E-state index contributed by atoms with van der Waals surface area (Å²) in [7, 11) is 0. The maximum Gasteiger partial charge on any atom is 0.573 e. The molecule has 3 nitrogen and oxygen atoms in total. The summed E-state index contributed by atoms with van der Waals surface area (Å²) in [5.74, 6) is -0.237. The number of nitrogens with two attached hydrogens (primary N) is 1. The Bertz CT molecular complexity index is 382. The van der Waals surface area contributed by atoms with Crippen LogP contribution in [0.3, 0.4) is 0 Å². The van der Waals surface area contributed by atoms with Crippen molar-refractivity contribution in [1.82, 2.24) is 0 Å². The van der Waals surface area contributed by atoms with Crippen LogP contribution in [0.25, 0.3) is 0 Å². The fraction of sp³-hybridized carbons (Fsp3) is 0.538. The predicted molar refractivity (Wildman–Crippen MR) is 65.8 cm³/mol. The first-order valence-electron chi connectivity index (χ1n) is 6.12. The van der Waals surface area contributed by atoms with Crippen molar-refractivity contribution in [3.05, 3.63) is 29.8 Å². The molecule has 0 amide bonds. The lowest BCUT2D eigenvalue weighted by Crippen LogP contribution is -2.20. The van der Waals surface area contributed by atoms with Crippen molar-refractivity contribution in [2.75, 3.05) is 13.2 Å². The van der Waals surface area contributed by atoms with Crippen molar-refractivity contribution in [3.63, 3.8) is 0 Å². The molecule has 1 unspecified atom stereocenters. The molecule has 0 aliphatic heterocycles. The highest BCUT2D eigenvalue weighted by Crippen LogP contribution is 2.30. The van der Waals surface area contributed by atoms with Crippen LogP contribution in [0.1, 0.15) is 31.4 Å². The number of alkyl halides is 3. The average Bonchev–Trinajstić information content (AvgIpc) is 2.33. The molecule has 0 saturated heterocycles. The SMILES string of the molecule is CCOCCCC(N)c1ccccc1OC(F)(F)F. The summed E-state index contributed by atoms with van der Waals surface area (Å²) in [6.07, 6.45) is -3.48. The summed E-state index contributed by atoms with van der Waals surface area (Å²) in [5, 5.41) is 0. The third-order valence-electron chi connectivity index (χ3n) is 2.55. The first-order chi connectivity index (χ1) is 8.94. The van der Waals surface area contributed by atoms with Gasteiger partial charge in [-0.2, -0.15) is 0 Å². The smallest absolute Gasteiger partial charge is 0.405 e. The molecule has 1 aromatic rings. The second kappa shape index (κ2) is 7.35. The number of ether oxygens (including phenoxy) is 2. The second-order valence-corrected chi connectivity index (χ2v) is 4.03. The summed E-state index contributed by atoms with van der Waals surface area (Å²) in [6, 6.07) is 5.44. The molecule has 0 spiro atoms. The Balaban J connectivity index is 2.65. The van der Waals surface area contributed by atoms with Crippen molar-refractivity contribution in [3.8, 4) is 5.75 Å². The molecular weight excluding hydrogens is 259 g/mol. The second-order valence-electron chi connectivity index (χ2n) is 4.03. The van der Waals surface area contributed by atoms with Crippen LogP contribution in [0, 0.1) is 0 Å². The highest BCUT2D eigenvalue weighted by atomic mass is 19.4. The molecule has 19 heavy (non-hydrogen) atoms. The van der Waals surface area contributed by atoms with Crippen molar-refractivity contribution in [2.24, 2.45) is 5.73 Å². The summed E-state index contributed by atoms with van der Waals surface area (Å²) in [6.45, 7) is 3.04. The summed E-state index contributed by atoms with van der Waals surface area (Å²) >= 11 is 0. The van der Waals surface area contributed by atoms with Crippen molar-refractivity contribution in [2.45, 2.75) is 32.2 Å². The molecule has 0 fully saturated rings. The average molecular weight is 277 g/mol. The molecule has 1 atom stereocenters.